The van der Waals surface area contributed by atoms with Crippen LogP contribution in [0.5, 0.6) is 5.75 Å². The molecular weight excluding hydrogens is 202 g/mol. The highest BCUT2D eigenvalue weighted by Gasteiger charge is 2.21. The SMILES string of the molecule is CCCOc1ccc(C2CCC(=O)N2)cc1. The van der Waals surface area contributed by atoms with Crippen LogP contribution in [0.4, 0.5) is 0 Å². The van der Waals surface area contributed by atoms with E-state index in [4.69, 9.17) is 4.74 Å². The van der Waals surface area contributed by atoms with Crippen molar-refractivity contribution in [1.82, 2.24) is 5.32 Å². The molecule has 1 atom stereocenters. The van der Waals surface area contributed by atoms with E-state index in [0.717, 1.165) is 30.8 Å². The largest absolute Gasteiger partial charge is 0.494 e. The molecule has 1 aromatic rings. The highest BCUT2D eigenvalue weighted by Crippen LogP contribution is 2.25. The lowest BCUT2D eigenvalue weighted by Gasteiger charge is -2.11. The predicted molar refractivity (Wildman–Crippen MR) is 62.3 cm³/mol. The molecule has 1 N–H and O–H groups in total. The Morgan fingerprint density at radius 2 is 2.12 bits per heavy atom. The van der Waals surface area contributed by atoms with Crippen molar-refractivity contribution in [3.05, 3.63) is 29.8 Å². The Bertz CT molecular complexity index is 359. The van der Waals surface area contributed by atoms with Gasteiger partial charge in [-0.2, -0.15) is 0 Å². The minimum atomic E-state index is 0.149. The Morgan fingerprint density at radius 1 is 1.38 bits per heavy atom. The fourth-order valence-electron chi connectivity index (χ4n) is 1.88. The molecule has 1 unspecified atom stereocenters. The molecule has 1 amide bonds. The molecule has 1 aliphatic heterocycles. The van der Waals surface area contributed by atoms with Gasteiger partial charge >= 0.3 is 0 Å². The van der Waals surface area contributed by atoms with Crippen LogP contribution in [0.15, 0.2) is 24.3 Å². The summed E-state index contributed by atoms with van der Waals surface area (Å²) < 4.78 is 5.51. The molecule has 0 saturated carbocycles. The summed E-state index contributed by atoms with van der Waals surface area (Å²) in [5, 5.41) is 2.95. The standard InChI is InChI=1S/C13H17NO2/c1-2-9-16-11-5-3-10(4-6-11)12-7-8-13(15)14-12/h3-6,12H,2,7-9H2,1H3,(H,14,15). The van der Waals surface area contributed by atoms with Crippen molar-refractivity contribution in [2.24, 2.45) is 0 Å². The monoisotopic (exact) mass is 219 g/mol. The molecule has 0 aliphatic carbocycles. The first kappa shape index (κ1) is 11.0. The van der Waals surface area contributed by atoms with Gasteiger partial charge in [0.05, 0.1) is 12.6 Å². The lowest BCUT2D eigenvalue weighted by atomic mass is 10.1. The molecule has 2 rings (SSSR count). The highest BCUT2D eigenvalue weighted by molar-refractivity contribution is 5.78. The van der Waals surface area contributed by atoms with Gasteiger partial charge in [-0.05, 0) is 30.5 Å². The third-order valence-corrected chi connectivity index (χ3v) is 2.75. The van der Waals surface area contributed by atoms with Crippen LogP contribution in [0, 0.1) is 0 Å². The molecule has 1 fully saturated rings. The van der Waals surface area contributed by atoms with Crippen LogP contribution in [0.2, 0.25) is 0 Å². The number of rotatable bonds is 4. The minimum Gasteiger partial charge on any atom is -0.494 e. The van der Waals surface area contributed by atoms with E-state index in [2.05, 4.69) is 12.2 Å². The van der Waals surface area contributed by atoms with Crippen LogP contribution < -0.4 is 10.1 Å². The number of amides is 1. The Balaban J connectivity index is 1.99. The maximum Gasteiger partial charge on any atom is 0.220 e. The minimum absolute atomic E-state index is 0.149. The number of benzene rings is 1. The summed E-state index contributed by atoms with van der Waals surface area (Å²) in [6.45, 7) is 2.84. The lowest BCUT2D eigenvalue weighted by molar-refractivity contribution is -0.119. The second-order valence-corrected chi connectivity index (χ2v) is 4.08. The summed E-state index contributed by atoms with van der Waals surface area (Å²) >= 11 is 0. The molecule has 16 heavy (non-hydrogen) atoms. The quantitative estimate of drug-likeness (QED) is 0.844. The predicted octanol–water partition coefficient (Wildman–Crippen LogP) is 2.43. The van der Waals surface area contributed by atoms with Crippen molar-refractivity contribution in [2.45, 2.75) is 32.2 Å². The van der Waals surface area contributed by atoms with Crippen LogP contribution in [0.25, 0.3) is 0 Å². The van der Waals surface area contributed by atoms with E-state index in [1.807, 2.05) is 24.3 Å². The van der Waals surface area contributed by atoms with Crippen LogP contribution in [0.3, 0.4) is 0 Å². The molecule has 1 aliphatic rings. The number of hydrogen-bond acceptors (Lipinski definition) is 2. The highest BCUT2D eigenvalue weighted by atomic mass is 16.5. The van der Waals surface area contributed by atoms with Gasteiger partial charge in [0, 0.05) is 6.42 Å². The van der Waals surface area contributed by atoms with Gasteiger partial charge in [-0.3, -0.25) is 4.79 Å². The zero-order chi connectivity index (χ0) is 11.4. The van der Waals surface area contributed by atoms with E-state index >= 15 is 0 Å². The average molecular weight is 219 g/mol. The van der Waals surface area contributed by atoms with Gasteiger partial charge < -0.3 is 10.1 Å². The summed E-state index contributed by atoms with van der Waals surface area (Å²) in [6, 6.07) is 8.18. The molecule has 0 aromatic heterocycles. The number of hydrogen-bond donors (Lipinski definition) is 1. The average Bonchev–Trinajstić information content (AvgIpc) is 2.74. The number of carbonyl (C=O) groups is 1. The summed E-state index contributed by atoms with van der Waals surface area (Å²) in [7, 11) is 0. The zero-order valence-corrected chi connectivity index (χ0v) is 9.53. The topological polar surface area (TPSA) is 38.3 Å². The second-order valence-electron chi connectivity index (χ2n) is 4.08. The van der Waals surface area contributed by atoms with Gasteiger partial charge in [0.2, 0.25) is 5.91 Å². The van der Waals surface area contributed by atoms with Crippen molar-refractivity contribution in [1.29, 1.82) is 0 Å². The van der Waals surface area contributed by atoms with E-state index < -0.39 is 0 Å². The number of nitrogens with one attached hydrogen (secondary N) is 1. The van der Waals surface area contributed by atoms with E-state index in [-0.39, 0.29) is 11.9 Å². The first-order valence-corrected chi connectivity index (χ1v) is 5.81. The van der Waals surface area contributed by atoms with Crippen molar-refractivity contribution in [3.63, 3.8) is 0 Å². The smallest absolute Gasteiger partial charge is 0.220 e. The Morgan fingerprint density at radius 3 is 2.69 bits per heavy atom. The van der Waals surface area contributed by atoms with E-state index in [1.165, 1.54) is 0 Å². The fourth-order valence-corrected chi connectivity index (χ4v) is 1.88. The molecular formula is C13H17NO2. The summed E-state index contributed by atoms with van der Waals surface area (Å²) in [5.41, 5.74) is 1.16. The van der Waals surface area contributed by atoms with E-state index in [0.29, 0.717) is 6.42 Å². The van der Waals surface area contributed by atoms with E-state index in [1.54, 1.807) is 0 Å². The molecule has 1 heterocycles. The van der Waals surface area contributed by atoms with Crippen LogP contribution >= 0.6 is 0 Å². The molecule has 0 radical (unpaired) electrons. The first-order valence-electron chi connectivity index (χ1n) is 5.81. The van der Waals surface area contributed by atoms with Crippen LogP contribution in [-0.4, -0.2) is 12.5 Å². The van der Waals surface area contributed by atoms with Crippen molar-refractivity contribution in [3.8, 4) is 5.75 Å². The molecule has 0 spiro atoms. The van der Waals surface area contributed by atoms with Gasteiger partial charge in [-0.1, -0.05) is 19.1 Å². The second kappa shape index (κ2) is 5.01. The first-order chi connectivity index (χ1) is 7.79. The number of carbonyl (C=O) groups excluding carboxylic acids is 1. The summed E-state index contributed by atoms with van der Waals surface area (Å²) in [5.74, 6) is 1.05. The Kier molecular flexibility index (Phi) is 3.44. The summed E-state index contributed by atoms with van der Waals surface area (Å²) in [6.07, 6.45) is 2.55. The van der Waals surface area contributed by atoms with Crippen molar-refractivity contribution < 1.29 is 9.53 Å². The maximum absolute atomic E-state index is 11.1. The molecule has 1 saturated heterocycles. The summed E-state index contributed by atoms with van der Waals surface area (Å²) in [4.78, 5) is 11.1. The van der Waals surface area contributed by atoms with Gasteiger partial charge in [-0.15, -0.1) is 0 Å². The molecule has 0 bridgehead atoms. The lowest BCUT2D eigenvalue weighted by Crippen LogP contribution is -2.18. The third-order valence-electron chi connectivity index (χ3n) is 2.75. The molecule has 3 nitrogen and oxygen atoms in total. The van der Waals surface area contributed by atoms with Crippen LogP contribution in [-0.2, 0) is 4.79 Å². The van der Waals surface area contributed by atoms with E-state index in [9.17, 15) is 4.79 Å². The molecule has 86 valence electrons. The van der Waals surface area contributed by atoms with Gasteiger partial charge in [0.15, 0.2) is 0 Å². The van der Waals surface area contributed by atoms with Crippen molar-refractivity contribution in [2.75, 3.05) is 6.61 Å². The van der Waals surface area contributed by atoms with Crippen LogP contribution in [0.1, 0.15) is 37.8 Å². The van der Waals surface area contributed by atoms with Gasteiger partial charge in [0.1, 0.15) is 5.75 Å². The maximum atomic E-state index is 11.1. The Labute approximate surface area is 95.8 Å². The van der Waals surface area contributed by atoms with Gasteiger partial charge in [-0.25, -0.2) is 0 Å². The fraction of sp³-hybridized carbons (Fsp3) is 0.462. The molecule has 3 heteroatoms. The zero-order valence-electron chi connectivity index (χ0n) is 9.53. The Hall–Kier alpha value is -1.51. The normalized spacial score (nSPS) is 19.6. The molecule has 1 aromatic carbocycles. The third kappa shape index (κ3) is 2.54. The van der Waals surface area contributed by atoms with Gasteiger partial charge in [0.25, 0.3) is 0 Å². The number of ether oxygens (including phenoxy) is 1. The van der Waals surface area contributed by atoms with Crippen molar-refractivity contribution >= 4 is 5.91 Å².